The quantitative estimate of drug-likeness (QED) is 0.0864. The van der Waals surface area contributed by atoms with Gasteiger partial charge < -0.3 is 32.3 Å². The monoisotopic (exact) mass is 1100 g/mol. The second kappa shape index (κ2) is 26.0. The van der Waals surface area contributed by atoms with Gasteiger partial charge in [0.2, 0.25) is 0 Å². The van der Waals surface area contributed by atoms with Gasteiger partial charge in [0.05, 0.1) is 0 Å². The summed E-state index contributed by atoms with van der Waals surface area (Å²) in [5, 5.41) is 7.42. The molecule has 0 radical (unpaired) electrons. The van der Waals surface area contributed by atoms with Gasteiger partial charge in [-0.2, -0.15) is 6.92 Å². The van der Waals surface area contributed by atoms with Gasteiger partial charge in [-0.15, -0.1) is 0 Å². The van der Waals surface area contributed by atoms with Crippen molar-refractivity contribution in [3.63, 3.8) is 0 Å². The molecule has 4 N–H and O–H groups in total. The number of nitrogens with zero attached hydrogens (tertiary/aromatic N) is 2. The van der Waals surface area contributed by atoms with Crippen molar-refractivity contribution in [2.45, 2.75) is 53.6 Å². The van der Waals surface area contributed by atoms with Gasteiger partial charge in [0.25, 0.3) is 5.91 Å². The fourth-order valence-corrected chi connectivity index (χ4v) is 5.41. The average molecular weight is 1100 g/mol. The molecule has 5 rings (SSSR count). The first kappa shape index (κ1) is 50.9. The number of amides is 2. The van der Waals surface area contributed by atoms with Crippen LogP contribution < -0.4 is 10.6 Å². The van der Waals surface area contributed by atoms with Crippen molar-refractivity contribution in [2.75, 3.05) is 13.1 Å². The number of halogens is 8. The van der Waals surface area contributed by atoms with E-state index in [4.69, 9.17) is 51.1 Å². The number of hydrogen-bond donors (Lipinski definition) is 4. The summed E-state index contributed by atoms with van der Waals surface area (Å²) in [5.41, 5.74) is 2.66. The first-order valence-corrected chi connectivity index (χ1v) is 26.4. The second-order valence-corrected chi connectivity index (χ2v) is 25.3. The van der Waals surface area contributed by atoms with E-state index in [1.165, 1.54) is 0 Å². The number of aromatic amines is 2. The zero-order valence-corrected chi connectivity index (χ0v) is 38.2. The molecule has 0 aliphatic carbocycles. The molecule has 0 aliphatic heterocycles. The molecular weight excluding hydrogens is 1060 g/mol. The molecule has 299 valence electrons. The van der Waals surface area contributed by atoms with Gasteiger partial charge in [0.1, 0.15) is 28.9 Å². The zero-order valence-electron chi connectivity index (χ0n) is 29.5. The molecule has 0 unspecified atom stereocenters. The Hall–Kier alpha value is -2.12. The summed E-state index contributed by atoms with van der Waals surface area (Å²) < 4.78 is 31.5. The van der Waals surface area contributed by atoms with E-state index in [2.05, 4.69) is 77.5 Å². The Labute approximate surface area is 370 Å². The minimum atomic E-state index is -0.798. The topological polar surface area (TPSA) is 125 Å². The number of ether oxygens (including phenoxy) is 1. The van der Waals surface area contributed by atoms with Crippen LogP contribution in [0.1, 0.15) is 56.9 Å². The average Bonchev–Trinajstić information content (AvgIpc) is 3.75. The number of rotatable bonds is 9. The maximum atomic E-state index is 13.1. The summed E-state index contributed by atoms with van der Waals surface area (Å²) in [5.74, 6) is -0.864. The Morgan fingerprint density at radius 3 is 1.51 bits per heavy atom. The van der Waals surface area contributed by atoms with Crippen LogP contribution >= 0.6 is 86.4 Å². The summed E-state index contributed by atoms with van der Waals surface area (Å²) >= 11 is 28.7. The molecule has 9 nitrogen and oxygen atoms in total. The third kappa shape index (κ3) is 19.7. The number of nitrogens with one attached hydrogen (secondary N) is 4. The Balaban J connectivity index is 0.000000488. The van der Waals surface area contributed by atoms with Crippen LogP contribution in [0.3, 0.4) is 0 Å². The Morgan fingerprint density at radius 1 is 0.745 bits per heavy atom. The molecular formula is C37H41Cl4F2I2N6O3V-. The van der Waals surface area contributed by atoms with Crippen molar-refractivity contribution in [1.29, 1.82) is 0 Å². The molecule has 0 saturated carbocycles. The molecule has 2 heterocycles. The summed E-state index contributed by atoms with van der Waals surface area (Å²) in [6, 6.07) is 13.0. The molecule has 3 aromatic carbocycles. The van der Waals surface area contributed by atoms with Crippen LogP contribution in [0.5, 0.6) is 0 Å². The van der Waals surface area contributed by atoms with Crippen molar-refractivity contribution in [1.82, 2.24) is 30.6 Å². The fourth-order valence-electron chi connectivity index (χ4n) is 4.36. The molecule has 55 heavy (non-hydrogen) atoms. The Morgan fingerprint density at radius 2 is 1.13 bits per heavy atom. The number of H-pyrrole nitrogens is 2. The van der Waals surface area contributed by atoms with Crippen molar-refractivity contribution in [3.8, 4) is 22.8 Å². The number of carbonyl (C=O) groups is 2. The number of hydrogen-bond acceptors (Lipinski definition) is 5. The van der Waals surface area contributed by atoms with E-state index in [1.807, 2.05) is 20.8 Å². The Kier molecular flexibility index (Phi) is 24.1. The molecule has 2 amide bonds. The van der Waals surface area contributed by atoms with Crippen LogP contribution in [0.2, 0.25) is 20.1 Å². The van der Waals surface area contributed by atoms with Crippen molar-refractivity contribution in [3.05, 3.63) is 123 Å². The number of aromatic nitrogens is 4. The van der Waals surface area contributed by atoms with Crippen molar-refractivity contribution in [2.24, 2.45) is 0 Å². The van der Waals surface area contributed by atoms with Crippen LogP contribution in [0, 0.1) is 18.6 Å². The molecule has 0 bridgehead atoms. The summed E-state index contributed by atoms with van der Waals surface area (Å²) in [6.45, 7) is 11.2. The molecule has 0 spiro atoms. The van der Waals surface area contributed by atoms with Crippen LogP contribution in [0.25, 0.3) is 22.8 Å². The van der Waals surface area contributed by atoms with Crippen LogP contribution in [0.4, 0.5) is 13.6 Å². The molecule has 18 heteroatoms. The standard InChI is InChI=1S/C18H13Cl2F2N3O.C16H19Cl2N3O2.C2H5.CH4.2HI.V/c19-12-3-10(4-13(20)7-12)17-24-9-16(25-17)1-2-23-18(26)11-5-14(21)8-15(22)6-11;1-16(2,3)23-15(22)19-5-4-13-9-20-14(21-13)10-6-11(17)8-12(18)7-10;1-2;;;;/h3-9H,1-2H2,(H,23,26)(H,24,25);6-9H,4-5H2,1-3H3,(H,19,22)(H,20,21);1H2,2H3;1H4;2*1H;/q;;-1;;;;+2/p-2. The van der Waals surface area contributed by atoms with Crippen LogP contribution in [-0.2, 0) is 27.0 Å². The van der Waals surface area contributed by atoms with Crippen LogP contribution in [-0.4, -0.2) is 50.6 Å². The minimum absolute atomic E-state index is 0. The Bertz CT molecular complexity index is 1900. The van der Waals surface area contributed by atoms with E-state index in [0.717, 1.165) is 34.6 Å². The predicted molar refractivity (Wildman–Crippen MR) is 234 cm³/mol. The van der Waals surface area contributed by atoms with Gasteiger partial charge in [-0.05, 0) is 69.3 Å². The summed E-state index contributed by atoms with van der Waals surface area (Å²) in [7, 11) is 0.628. The van der Waals surface area contributed by atoms with Gasteiger partial charge >= 0.3 is 55.5 Å². The van der Waals surface area contributed by atoms with Crippen molar-refractivity contribution < 1.29 is 32.6 Å². The second-order valence-electron chi connectivity index (χ2n) is 11.7. The third-order valence-electron chi connectivity index (χ3n) is 6.40. The molecule has 0 atom stereocenters. The maximum absolute atomic E-state index is 13.1. The molecule has 0 saturated heterocycles. The van der Waals surface area contributed by atoms with Gasteiger partial charge in [0.15, 0.2) is 0 Å². The number of carbonyl (C=O) groups excluding carboxylic acids is 2. The summed E-state index contributed by atoms with van der Waals surface area (Å²) in [4.78, 5) is 38.4. The van der Waals surface area contributed by atoms with Gasteiger partial charge in [0, 0.05) is 92.6 Å². The zero-order chi connectivity index (χ0) is 40.4. The number of imidazole rings is 2. The van der Waals surface area contributed by atoms with Gasteiger partial charge in [-0.25, -0.2) is 23.5 Å². The first-order valence-electron chi connectivity index (χ1n) is 15.9. The van der Waals surface area contributed by atoms with Gasteiger partial charge in [-0.3, -0.25) is 4.79 Å². The van der Waals surface area contributed by atoms with Crippen molar-refractivity contribution >= 4 is 98.4 Å². The predicted octanol–water partition coefficient (Wildman–Crippen LogP) is 12.3. The summed E-state index contributed by atoms with van der Waals surface area (Å²) in [6.07, 6.45) is 4.00. The first-order chi connectivity index (χ1) is 25.5. The molecule has 0 aliphatic rings. The van der Waals surface area contributed by atoms with E-state index < -0.39 is 29.2 Å². The molecule has 5 aromatic rings. The third-order valence-corrected chi connectivity index (χ3v) is 7.27. The number of alkyl carbamates (subject to hydrolysis) is 1. The fraction of sp³-hybridized carbons (Fsp3) is 0.270. The number of benzene rings is 3. The molecule has 0 fully saturated rings. The SMILES string of the molecule is C.CC(C)(C)OC(=O)NCCc1cnc(-c2cc(Cl)cc(Cl)c2)[nH]1.O=C(NCCc1cnc(-c2cc(Cl)cc(Cl)c2)[nH]1)c1cc(F)cc(F)c1.[CH2-]C.[I][V][I]. The van der Waals surface area contributed by atoms with E-state index in [1.54, 1.807) is 55.7 Å². The normalized spacial score (nSPS) is 10.2. The van der Waals surface area contributed by atoms with E-state index in [0.29, 0.717) is 66.7 Å². The van der Waals surface area contributed by atoms with Crippen LogP contribution in [0.15, 0.2) is 67.0 Å². The van der Waals surface area contributed by atoms with E-state index >= 15 is 0 Å². The van der Waals surface area contributed by atoms with E-state index in [9.17, 15) is 18.4 Å². The van der Waals surface area contributed by atoms with E-state index in [-0.39, 0.29) is 19.5 Å². The van der Waals surface area contributed by atoms with Gasteiger partial charge in [-0.1, -0.05) is 53.8 Å². The molecule has 2 aromatic heterocycles.